The fraction of sp³-hybridized carbons (Fsp3) is 0.577. The average molecular weight is 539 g/mol. The first-order chi connectivity index (χ1) is 17.1. The van der Waals surface area contributed by atoms with E-state index >= 15 is 0 Å². The van der Waals surface area contributed by atoms with E-state index in [0.717, 1.165) is 44.5 Å². The van der Waals surface area contributed by atoms with Gasteiger partial charge in [0.05, 0.1) is 17.8 Å². The van der Waals surface area contributed by atoms with Crippen LogP contribution in [-0.4, -0.2) is 59.6 Å². The van der Waals surface area contributed by atoms with Crippen LogP contribution in [0.25, 0.3) is 0 Å². The number of hydrogen-bond donors (Lipinski definition) is 2. The molecular formula is C26H42N4O6S. The molecule has 1 unspecified atom stereocenters. The molecule has 0 saturated heterocycles. The second-order valence-electron chi connectivity index (χ2n) is 9.38. The fourth-order valence-electron chi connectivity index (χ4n) is 2.58. The molecule has 2 N–H and O–H groups in total. The maximum atomic E-state index is 12.0. The standard InChI is InChI=1S/C14H29NO2.C12H13N3O4S/c1-7-10-15(11-9-12(3)8-2)13(16)17-14(4,5)6;1-6(10(16)14-7(2)12(18)19-4)13-11(17)9-5-20-8(3)15-9/h12H,7-11H2,1-6H3;5H,1-2H2,3-4H3,(H,13,17)(H,14,16). The van der Waals surface area contributed by atoms with Crippen LogP contribution in [0.5, 0.6) is 0 Å². The molecular weight excluding hydrogens is 496 g/mol. The van der Waals surface area contributed by atoms with E-state index in [4.69, 9.17) is 4.74 Å². The van der Waals surface area contributed by atoms with Crippen LogP contribution in [0.1, 0.15) is 76.3 Å². The van der Waals surface area contributed by atoms with Crippen molar-refractivity contribution in [3.63, 3.8) is 0 Å². The van der Waals surface area contributed by atoms with E-state index < -0.39 is 23.4 Å². The highest BCUT2D eigenvalue weighted by Crippen LogP contribution is 2.13. The number of esters is 1. The number of amides is 3. The topological polar surface area (TPSA) is 127 Å². The lowest BCUT2D eigenvalue weighted by Gasteiger charge is -2.27. The Morgan fingerprint density at radius 1 is 1.11 bits per heavy atom. The lowest BCUT2D eigenvalue weighted by molar-refractivity contribution is -0.137. The molecule has 11 heteroatoms. The van der Waals surface area contributed by atoms with Crippen LogP contribution in [0.15, 0.2) is 29.9 Å². The first-order valence-electron chi connectivity index (χ1n) is 12.1. The Balaban J connectivity index is 0.000000712. The smallest absolute Gasteiger partial charge is 0.410 e. The van der Waals surface area contributed by atoms with Crippen LogP contribution in [0.4, 0.5) is 4.79 Å². The largest absolute Gasteiger partial charge is 0.464 e. The number of hydrogen-bond acceptors (Lipinski definition) is 8. The van der Waals surface area contributed by atoms with Crippen LogP contribution in [0, 0.1) is 12.8 Å². The third-order valence-electron chi connectivity index (χ3n) is 4.82. The van der Waals surface area contributed by atoms with Gasteiger partial charge in [-0.2, -0.15) is 0 Å². The number of rotatable bonds is 11. The summed E-state index contributed by atoms with van der Waals surface area (Å²) in [5.41, 5.74) is -0.698. The van der Waals surface area contributed by atoms with Gasteiger partial charge in [-0.25, -0.2) is 14.6 Å². The van der Waals surface area contributed by atoms with Gasteiger partial charge in [-0.15, -0.1) is 11.3 Å². The maximum Gasteiger partial charge on any atom is 0.410 e. The Bertz CT molecular complexity index is 951. The van der Waals surface area contributed by atoms with Gasteiger partial charge >= 0.3 is 12.1 Å². The lowest BCUT2D eigenvalue weighted by Crippen LogP contribution is -2.38. The summed E-state index contributed by atoms with van der Waals surface area (Å²) in [4.78, 5) is 52.2. The summed E-state index contributed by atoms with van der Waals surface area (Å²) in [6, 6.07) is 0. The Morgan fingerprint density at radius 3 is 2.19 bits per heavy atom. The fourth-order valence-corrected chi connectivity index (χ4v) is 3.18. The Hall–Kier alpha value is -3.21. The first-order valence-corrected chi connectivity index (χ1v) is 13.0. The van der Waals surface area contributed by atoms with E-state index in [0.29, 0.717) is 5.92 Å². The number of methoxy groups -OCH3 is 1. The van der Waals surface area contributed by atoms with Crippen molar-refractivity contribution in [2.45, 2.75) is 73.3 Å². The zero-order valence-corrected chi connectivity index (χ0v) is 24.2. The van der Waals surface area contributed by atoms with E-state index in [-0.39, 0.29) is 23.2 Å². The molecule has 0 spiro atoms. The monoisotopic (exact) mass is 538 g/mol. The Labute approximate surface area is 224 Å². The summed E-state index contributed by atoms with van der Waals surface area (Å²) >= 11 is 1.31. The number of carbonyl (C=O) groups is 4. The number of ether oxygens (including phenoxy) is 2. The number of thiazole rings is 1. The van der Waals surface area contributed by atoms with Gasteiger partial charge in [0.15, 0.2) is 0 Å². The normalized spacial score (nSPS) is 11.2. The first kappa shape index (κ1) is 33.8. The van der Waals surface area contributed by atoms with E-state index in [1.165, 1.54) is 11.3 Å². The van der Waals surface area contributed by atoms with E-state index in [1.54, 1.807) is 12.3 Å². The van der Waals surface area contributed by atoms with Gasteiger partial charge in [-0.1, -0.05) is 40.3 Å². The highest BCUT2D eigenvalue weighted by molar-refractivity contribution is 7.09. The van der Waals surface area contributed by atoms with E-state index in [9.17, 15) is 19.2 Å². The molecule has 0 bridgehead atoms. The van der Waals surface area contributed by atoms with E-state index in [1.807, 2.05) is 25.7 Å². The molecule has 1 aromatic rings. The molecule has 0 aliphatic heterocycles. The number of carbonyl (C=O) groups excluding carboxylic acids is 4. The summed E-state index contributed by atoms with van der Waals surface area (Å²) < 4.78 is 9.77. The van der Waals surface area contributed by atoms with Gasteiger partial charge < -0.3 is 25.0 Å². The minimum atomic E-state index is -0.785. The summed E-state index contributed by atoms with van der Waals surface area (Å²) in [5, 5.41) is 6.71. The molecule has 3 amide bonds. The lowest BCUT2D eigenvalue weighted by atomic mass is 10.1. The minimum Gasteiger partial charge on any atom is -0.464 e. The molecule has 0 aliphatic rings. The van der Waals surface area contributed by atoms with Crippen LogP contribution in [-0.2, 0) is 19.1 Å². The molecule has 37 heavy (non-hydrogen) atoms. The zero-order chi connectivity index (χ0) is 28.8. The van der Waals surface area contributed by atoms with Crippen molar-refractivity contribution in [1.29, 1.82) is 0 Å². The van der Waals surface area contributed by atoms with E-state index in [2.05, 4.69) is 54.3 Å². The van der Waals surface area contributed by atoms with Crippen molar-refractivity contribution >= 4 is 35.2 Å². The molecule has 208 valence electrons. The summed E-state index contributed by atoms with van der Waals surface area (Å²) in [6.45, 7) is 22.3. The van der Waals surface area contributed by atoms with Crippen LogP contribution < -0.4 is 10.6 Å². The molecule has 0 saturated carbocycles. The molecule has 10 nitrogen and oxygen atoms in total. The Morgan fingerprint density at radius 2 is 1.73 bits per heavy atom. The number of nitrogens with zero attached hydrogens (tertiary/aromatic N) is 2. The van der Waals surface area contributed by atoms with Crippen molar-refractivity contribution in [3.8, 4) is 0 Å². The van der Waals surface area contributed by atoms with Crippen molar-refractivity contribution in [2.75, 3.05) is 20.2 Å². The third kappa shape index (κ3) is 14.2. The highest BCUT2D eigenvalue weighted by atomic mass is 32.1. The quantitative estimate of drug-likeness (QED) is 0.312. The van der Waals surface area contributed by atoms with Crippen molar-refractivity contribution in [2.24, 2.45) is 5.92 Å². The van der Waals surface area contributed by atoms with Crippen LogP contribution in [0.2, 0.25) is 0 Å². The van der Waals surface area contributed by atoms with Gasteiger partial charge in [-0.05, 0) is 46.5 Å². The Kier molecular flexibility index (Phi) is 15.1. The molecule has 1 rings (SSSR count). The minimum absolute atomic E-state index is 0.178. The molecule has 1 atom stereocenters. The molecule has 0 aromatic carbocycles. The number of aryl methyl sites for hydroxylation is 1. The van der Waals surface area contributed by atoms with Crippen LogP contribution in [0.3, 0.4) is 0 Å². The average Bonchev–Trinajstić information content (AvgIpc) is 3.26. The van der Waals surface area contributed by atoms with Crippen molar-refractivity contribution in [3.05, 3.63) is 40.6 Å². The second kappa shape index (κ2) is 16.5. The predicted octanol–water partition coefficient (Wildman–Crippen LogP) is 4.57. The SMILES string of the molecule is C=C(NC(=O)c1csc(C)n1)C(=O)NC(=C)C(=O)OC.CCCN(CCC(C)CC)C(=O)OC(C)(C)C. The molecule has 1 heterocycles. The van der Waals surface area contributed by atoms with Crippen molar-refractivity contribution in [1.82, 2.24) is 20.5 Å². The van der Waals surface area contributed by atoms with Crippen LogP contribution >= 0.6 is 11.3 Å². The number of nitrogens with one attached hydrogen (secondary N) is 2. The van der Waals surface area contributed by atoms with Gasteiger partial charge in [0.1, 0.15) is 17.0 Å². The van der Waals surface area contributed by atoms with Gasteiger partial charge in [0, 0.05) is 18.5 Å². The summed E-state index contributed by atoms with van der Waals surface area (Å²) in [7, 11) is 1.15. The number of aromatic nitrogens is 1. The predicted molar refractivity (Wildman–Crippen MR) is 145 cm³/mol. The van der Waals surface area contributed by atoms with Gasteiger partial charge in [0.2, 0.25) is 0 Å². The molecule has 0 radical (unpaired) electrons. The van der Waals surface area contributed by atoms with Gasteiger partial charge in [0.25, 0.3) is 11.8 Å². The zero-order valence-electron chi connectivity index (χ0n) is 23.4. The molecule has 1 aromatic heterocycles. The second-order valence-corrected chi connectivity index (χ2v) is 10.4. The van der Waals surface area contributed by atoms with Crippen molar-refractivity contribution < 1.29 is 28.7 Å². The highest BCUT2D eigenvalue weighted by Gasteiger charge is 2.21. The third-order valence-corrected chi connectivity index (χ3v) is 5.59. The summed E-state index contributed by atoms with van der Waals surface area (Å²) in [5.74, 6) is -1.44. The molecule has 0 aliphatic carbocycles. The summed E-state index contributed by atoms with van der Waals surface area (Å²) in [6.07, 6.45) is 3.01. The molecule has 0 fully saturated rings. The van der Waals surface area contributed by atoms with Gasteiger partial charge in [-0.3, -0.25) is 9.59 Å². The maximum absolute atomic E-state index is 12.0.